The number of hydrogen-bond acceptors (Lipinski definition) is 5. The molecule has 1 aromatic heterocycles. The fraction of sp³-hybridized carbons (Fsp3) is 0.208. The van der Waals surface area contributed by atoms with Gasteiger partial charge in [0, 0.05) is 17.8 Å². The van der Waals surface area contributed by atoms with Gasteiger partial charge in [-0.2, -0.15) is 0 Å². The van der Waals surface area contributed by atoms with Crippen molar-refractivity contribution in [2.75, 3.05) is 11.1 Å². The molecule has 3 aromatic carbocycles. The first-order chi connectivity index (χ1) is 15.4. The van der Waals surface area contributed by atoms with Gasteiger partial charge in [-0.1, -0.05) is 59.8 Å². The Morgan fingerprint density at radius 3 is 2.75 bits per heavy atom. The van der Waals surface area contributed by atoms with Crippen molar-refractivity contribution in [2.24, 2.45) is 7.05 Å². The molecule has 0 spiro atoms. The molecule has 0 atom stereocenters. The van der Waals surface area contributed by atoms with Crippen molar-refractivity contribution in [2.45, 2.75) is 25.6 Å². The maximum absolute atomic E-state index is 12.3. The largest absolute Gasteiger partial charge is 0.485 e. The standard InChI is InChI=1S/C24H23ClN4O2S/c1-15-8-10-18(12-20(15)25)26-23(30)14-32-24-28-27-22(29(24)3)13-31-21-11-9-17-6-4-5-7-19(17)16(21)2/h4-12H,13-14H2,1-3H3,(H,26,30). The van der Waals surface area contributed by atoms with Gasteiger partial charge in [-0.05, 0) is 53.9 Å². The van der Waals surface area contributed by atoms with Crippen molar-refractivity contribution >= 4 is 45.7 Å². The molecule has 0 aliphatic heterocycles. The second kappa shape index (κ2) is 9.63. The summed E-state index contributed by atoms with van der Waals surface area (Å²) in [5, 5.41) is 14.9. The van der Waals surface area contributed by atoms with E-state index in [0.717, 1.165) is 16.9 Å². The average molecular weight is 467 g/mol. The van der Waals surface area contributed by atoms with Crippen LogP contribution in [-0.4, -0.2) is 26.4 Å². The van der Waals surface area contributed by atoms with Crippen molar-refractivity contribution < 1.29 is 9.53 Å². The molecule has 0 aliphatic carbocycles. The second-order valence-corrected chi connectivity index (χ2v) is 8.81. The van der Waals surface area contributed by atoms with Crippen LogP contribution in [0.2, 0.25) is 5.02 Å². The first-order valence-electron chi connectivity index (χ1n) is 10.1. The Labute approximate surface area is 195 Å². The fourth-order valence-electron chi connectivity index (χ4n) is 3.30. The lowest BCUT2D eigenvalue weighted by atomic mass is 10.0. The molecule has 164 valence electrons. The lowest BCUT2D eigenvalue weighted by Gasteiger charge is -2.11. The summed E-state index contributed by atoms with van der Waals surface area (Å²) in [6.07, 6.45) is 0. The van der Waals surface area contributed by atoms with Gasteiger partial charge in [0.15, 0.2) is 11.0 Å². The van der Waals surface area contributed by atoms with E-state index in [2.05, 4.69) is 40.6 Å². The Balaban J connectivity index is 1.35. The molecule has 0 fully saturated rings. The number of aromatic nitrogens is 3. The van der Waals surface area contributed by atoms with E-state index in [-0.39, 0.29) is 18.3 Å². The number of aryl methyl sites for hydroxylation is 2. The van der Waals surface area contributed by atoms with Gasteiger partial charge in [0.25, 0.3) is 0 Å². The van der Waals surface area contributed by atoms with Crippen LogP contribution in [0.1, 0.15) is 17.0 Å². The molecule has 1 N–H and O–H groups in total. The summed E-state index contributed by atoms with van der Waals surface area (Å²) < 4.78 is 7.87. The third-order valence-electron chi connectivity index (χ3n) is 5.22. The topological polar surface area (TPSA) is 69.0 Å². The Bertz CT molecular complexity index is 1290. The van der Waals surface area contributed by atoms with Crippen molar-refractivity contribution in [1.82, 2.24) is 14.8 Å². The minimum atomic E-state index is -0.137. The maximum Gasteiger partial charge on any atom is 0.234 e. The molecule has 1 heterocycles. The molecule has 0 saturated heterocycles. The number of hydrogen-bond donors (Lipinski definition) is 1. The maximum atomic E-state index is 12.3. The van der Waals surface area contributed by atoms with E-state index in [1.54, 1.807) is 6.07 Å². The van der Waals surface area contributed by atoms with E-state index in [9.17, 15) is 4.79 Å². The van der Waals surface area contributed by atoms with Gasteiger partial charge in [0.1, 0.15) is 12.4 Å². The number of ether oxygens (including phenoxy) is 1. The Morgan fingerprint density at radius 1 is 1.12 bits per heavy atom. The molecular formula is C24H23ClN4O2S. The molecule has 0 saturated carbocycles. The molecule has 0 bridgehead atoms. The van der Waals surface area contributed by atoms with Gasteiger partial charge in [0.05, 0.1) is 5.75 Å². The van der Waals surface area contributed by atoms with Crippen molar-refractivity contribution in [3.63, 3.8) is 0 Å². The number of halogens is 1. The molecule has 4 rings (SSSR count). The zero-order valence-electron chi connectivity index (χ0n) is 18.1. The van der Waals surface area contributed by atoms with E-state index in [1.165, 1.54) is 22.5 Å². The highest BCUT2D eigenvalue weighted by Gasteiger charge is 2.13. The first-order valence-corrected chi connectivity index (χ1v) is 11.5. The SMILES string of the molecule is Cc1ccc(NC(=O)CSc2nnc(COc3ccc4ccccc4c3C)n2C)cc1Cl. The number of thioether (sulfide) groups is 1. The molecular weight excluding hydrogens is 444 g/mol. The molecule has 6 nitrogen and oxygen atoms in total. The van der Waals surface area contributed by atoms with Crippen LogP contribution in [0.4, 0.5) is 5.69 Å². The highest BCUT2D eigenvalue weighted by Crippen LogP contribution is 2.28. The van der Waals surface area contributed by atoms with Gasteiger partial charge in [-0.25, -0.2) is 0 Å². The summed E-state index contributed by atoms with van der Waals surface area (Å²) in [5.41, 5.74) is 2.73. The van der Waals surface area contributed by atoms with E-state index in [0.29, 0.717) is 21.7 Å². The number of anilines is 1. The molecule has 0 unspecified atom stereocenters. The zero-order chi connectivity index (χ0) is 22.7. The van der Waals surface area contributed by atoms with E-state index in [1.807, 2.05) is 48.9 Å². The third kappa shape index (κ3) is 4.89. The van der Waals surface area contributed by atoms with Gasteiger partial charge in [-0.3, -0.25) is 4.79 Å². The van der Waals surface area contributed by atoms with Crippen LogP contribution < -0.4 is 10.1 Å². The summed E-state index contributed by atoms with van der Waals surface area (Å²) >= 11 is 7.43. The molecule has 8 heteroatoms. The number of amides is 1. The predicted octanol–water partition coefficient (Wildman–Crippen LogP) is 5.55. The number of carbonyl (C=O) groups excluding carboxylic acids is 1. The first kappa shape index (κ1) is 22.2. The van der Waals surface area contributed by atoms with Crippen LogP contribution in [-0.2, 0) is 18.4 Å². The van der Waals surface area contributed by atoms with Gasteiger partial charge in [0.2, 0.25) is 5.91 Å². The monoisotopic (exact) mass is 466 g/mol. The number of fused-ring (bicyclic) bond motifs is 1. The number of carbonyl (C=O) groups is 1. The Hall–Kier alpha value is -3.03. The van der Waals surface area contributed by atoms with Crippen LogP contribution >= 0.6 is 23.4 Å². The van der Waals surface area contributed by atoms with Gasteiger partial charge in [-0.15, -0.1) is 10.2 Å². The quantitative estimate of drug-likeness (QED) is 0.362. The van der Waals surface area contributed by atoms with Crippen LogP contribution in [0, 0.1) is 13.8 Å². The summed E-state index contributed by atoms with van der Waals surface area (Å²) in [5.74, 6) is 1.58. The van der Waals surface area contributed by atoms with E-state index < -0.39 is 0 Å². The van der Waals surface area contributed by atoms with Gasteiger partial charge >= 0.3 is 0 Å². The Kier molecular flexibility index (Phi) is 6.67. The van der Waals surface area contributed by atoms with Crippen LogP contribution in [0.5, 0.6) is 5.75 Å². The molecule has 0 radical (unpaired) electrons. The number of rotatable bonds is 7. The normalized spacial score (nSPS) is 11.0. The zero-order valence-corrected chi connectivity index (χ0v) is 19.6. The smallest absolute Gasteiger partial charge is 0.234 e. The summed E-state index contributed by atoms with van der Waals surface area (Å²) in [6, 6.07) is 17.7. The minimum absolute atomic E-state index is 0.137. The second-order valence-electron chi connectivity index (χ2n) is 7.46. The number of nitrogens with zero attached hydrogens (tertiary/aromatic N) is 3. The average Bonchev–Trinajstić information content (AvgIpc) is 3.14. The van der Waals surface area contributed by atoms with E-state index >= 15 is 0 Å². The number of benzene rings is 3. The van der Waals surface area contributed by atoms with Crippen LogP contribution in [0.3, 0.4) is 0 Å². The third-order valence-corrected chi connectivity index (χ3v) is 6.65. The summed E-state index contributed by atoms with van der Waals surface area (Å²) in [6.45, 7) is 4.26. The van der Waals surface area contributed by atoms with Crippen molar-refractivity contribution in [1.29, 1.82) is 0 Å². The Morgan fingerprint density at radius 2 is 1.94 bits per heavy atom. The molecule has 32 heavy (non-hydrogen) atoms. The predicted molar refractivity (Wildman–Crippen MR) is 130 cm³/mol. The van der Waals surface area contributed by atoms with E-state index in [4.69, 9.17) is 16.3 Å². The van der Waals surface area contributed by atoms with Gasteiger partial charge < -0.3 is 14.6 Å². The fourth-order valence-corrected chi connectivity index (χ4v) is 4.21. The van der Waals surface area contributed by atoms with Crippen LogP contribution in [0.25, 0.3) is 10.8 Å². The van der Waals surface area contributed by atoms with Crippen molar-refractivity contribution in [3.05, 3.63) is 76.6 Å². The minimum Gasteiger partial charge on any atom is -0.485 e. The lowest BCUT2D eigenvalue weighted by Crippen LogP contribution is -2.14. The van der Waals surface area contributed by atoms with Crippen molar-refractivity contribution in [3.8, 4) is 5.75 Å². The molecule has 0 aliphatic rings. The highest BCUT2D eigenvalue weighted by molar-refractivity contribution is 7.99. The summed E-state index contributed by atoms with van der Waals surface area (Å²) in [7, 11) is 1.87. The molecule has 1 amide bonds. The summed E-state index contributed by atoms with van der Waals surface area (Å²) in [4.78, 5) is 12.3. The molecule has 4 aromatic rings. The lowest BCUT2D eigenvalue weighted by molar-refractivity contribution is -0.113. The highest BCUT2D eigenvalue weighted by atomic mass is 35.5. The van der Waals surface area contributed by atoms with Crippen LogP contribution in [0.15, 0.2) is 59.8 Å². The number of nitrogens with one attached hydrogen (secondary N) is 1.